The van der Waals surface area contributed by atoms with E-state index in [2.05, 4.69) is 33.8 Å². The number of nitrogens with one attached hydrogen (secondary N) is 1. The molecule has 4 aromatic rings. The minimum atomic E-state index is 0.606. The number of thiophene rings is 1. The number of nitriles is 1. The number of fused-ring (bicyclic) bond motifs is 2. The van der Waals surface area contributed by atoms with Crippen LogP contribution < -0.4 is 4.90 Å². The Labute approximate surface area is 215 Å². The number of nitrogens with zero attached hydrogens (tertiary/aromatic N) is 5. The van der Waals surface area contributed by atoms with E-state index in [4.69, 9.17) is 14.7 Å². The van der Waals surface area contributed by atoms with Crippen LogP contribution >= 0.6 is 11.3 Å². The number of aromatic nitrogens is 3. The highest BCUT2D eigenvalue weighted by Gasteiger charge is 2.23. The summed E-state index contributed by atoms with van der Waals surface area (Å²) in [7, 11) is 0. The zero-order chi connectivity index (χ0) is 24.5. The van der Waals surface area contributed by atoms with E-state index >= 15 is 0 Å². The summed E-state index contributed by atoms with van der Waals surface area (Å²) >= 11 is 1.83. The Morgan fingerprint density at radius 3 is 2.75 bits per heavy atom. The van der Waals surface area contributed by atoms with E-state index in [1.165, 1.54) is 43.6 Å². The molecule has 0 bridgehead atoms. The molecule has 2 aliphatic rings. The predicted octanol–water partition coefficient (Wildman–Crippen LogP) is 5.56. The van der Waals surface area contributed by atoms with Crippen LogP contribution in [-0.2, 0) is 11.3 Å². The SMILES string of the molecule is CCCC1CCN(Cc2cc3nc(-c4cc(C#N)cc5[nH]ccc45)nc(N4CCOCC4)c3s2)CC1. The number of morpholine rings is 1. The van der Waals surface area contributed by atoms with Gasteiger partial charge >= 0.3 is 0 Å². The molecule has 0 saturated carbocycles. The summed E-state index contributed by atoms with van der Waals surface area (Å²) in [6, 6.07) is 10.4. The Hall–Kier alpha value is -2.99. The first-order chi connectivity index (χ1) is 17.7. The number of aromatic amines is 1. The number of ether oxygens (including phenoxy) is 1. The predicted molar refractivity (Wildman–Crippen MR) is 145 cm³/mol. The molecule has 36 heavy (non-hydrogen) atoms. The van der Waals surface area contributed by atoms with Crippen LogP contribution in [0.3, 0.4) is 0 Å². The maximum Gasteiger partial charge on any atom is 0.162 e. The van der Waals surface area contributed by atoms with Gasteiger partial charge in [-0.1, -0.05) is 19.8 Å². The second-order valence-electron chi connectivity index (χ2n) is 9.98. The lowest BCUT2D eigenvalue weighted by atomic mass is 9.92. The molecule has 0 amide bonds. The van der Waals surface area contributed by atoms with Crippen LogP contribution in [0.1, 0.15) is 43.0 Å². The number of likely N-dealkylation sites (tertiary alicyclic amines) is 1. The topological polar surface area (TPSA) is 81.1 Å². The van der Waals surface area contributed by atoms with Crippen molar-refractivity contribution < 1.29 is 4.74 Å². The van der Waals surface area contributed by atoms with Crippen LogP contribution in [0.2, 0.25) is 0 Å². The lowest BCUT2D eigenvalue weighted by molar-refractivity contribution is 0.122. The maximum absolute atomic E-state index is 9.61. The number of hydrogen-bond acceptors (Lipinski definition) is 7. The van der Waals surface area contributed by atoms with E-state index in [1.54, 1.807) is 0 Å². The van der Waals surface area contributed by atoms with Gasteiger partial charge < -0.3 is 14.6 Å². The molecule has 2 aliphatic heterocycles. The van der Waals surface area contributed by atoms with Crippen LogP contribution in [0.5, 0.6) is 0 Å². The van der Waals surface area contributed by atoms with Gasteiger partial charge in [-0.15, -0.1) is 11.3 Å². The summed E-state index contributed by atoms with van der Waals surface area (Å²) in [6.07, 6.45) is 7.17. The van der Waals surface area contributed by atoms with Crippen LogP contribution in [0.25, 0.3) is 32.5 Å². The molecule has 2 saturated heterocycles. The Morgan fingerprint density at radius 2 is 1.97 bits per heavy atom. The van der Waals surface area contributed by atoms with Crippen molar-refractivity contribution in [3.05, 3.63) is 40.9 Å². The second kappa shape index (κ2) is 10.2. The molecule has 6 rings (SSSR count). The van der Waals surface area contributed by atoms with E-state index in [-0.39, 0.29) is 0 Å². The molecule has 0 atom stereocenters. The highest BCUT2D eigenvalue weighted by molar-refractivity contribution is 7.19. The third-order valence-corrected chi connectivity index (χ3v) is 8.64. The van der Waals surface area contributed by atoms with Crippen molar-refractivity contribution in [2.24, 2.45) is 5.92 Å². The fraction of sp³-hybridized carbons (Fsp3) is 0.464. The van der Waals surface area contributed by atoms with Gasteiger partial charge in [0.2, 0.25) is 0 Å². The average molecular weight is 501 g/mol. The van der Waals surface area contributed by atoms with Crippen molar-refractivity contribution in [3.63, 3.8) is 0 Å². The molecule has 3 aromatic heterocycles. The van der Waals surface area contributed by atoms with Gasteiger partial charge in [0.25, 0.3) is 0 Å². The smallest absolute Gasteiger partial charge is 0.162 e. The lowest BCUT2D eigenvalue weighted by Gasteiger charge is -2.31. The number of hydrogen-bond donors (Lipinski definition) is 1. The molecule has 5 heterocycles. The zero-order valence-corrected chi connectivity index (χ0v) is 21.6. The number of rotatable bonds is 6. The van der Waals surface area contributed by atoms with Gasteiger partial charge in [0.05, 0.1) is 35.1 Å². The summed E-state index contributed by atoms with van der Waals surface area (Å²) < 4.78 is 6.78. The summed E-state index contributed by atoms with van der Waals surface area (Å²) in [4.78, 5) is 19.7. The van der Waals surface area contributed by atoms with Gasteiger partial charge in [-0.2, -0.15) is 5.26 Å². The Kier molecular flexibility index (Phi) is 6.61. The number of anilines is 1. The first kappa shape index (κ1) is 23.4. The first-order valence-electron chi connectivity index (χ1n) is 13.1. The molecule has 1 aromatic carbocycles. The second-order valence-corrected chi connectivity index (χ2v) is 11.1. The third-order valence-electron chi connectivity index (χ3n) is 7.54. The molecule has 186 valence electrons. The van der Waals surface area contributed by atoms with E-state index in [0.717, 1.165) is 58.1 Å². The monoisotopic (exact) mass is 500 g/mol. The highest BCUT2D eigenvalue weighted by atomic mass is 32.1. The van der Waals surface area contributed by atoms with Crippen LogP contribution in [-0.4, -0.2) is 59.2 Å². The normalized spacial score (nSPS) is 17.7. The largest absolute Gasteiger partial charge is 0.378 e. The number of benzene rings is 1. The van der Waals surface area contributed by atoms with E-state index in [1.807, 2.05) is 35.7 Å². The van der Waals surface area contributed by atoms with Gasteiger partial charge in [0.15, 0.2) is 11.6 Å². The third kappa shape index (κ3) is 4.59. The molecule has 1 N–H and O–H groups in total. The zero-order valence-electron chi connectivity index (χ0n) is 20.8. The molecule has 2 fully saturated rings. The van der Waals surface area contributed by atoms with Crippen molar-refractivity contribution >= 4 is 38.3 Å². The molecular weight excluding hydrogens is 468 g/mol. The fourth-order valence-corrected chi connectivity index (χ4v) is 6.79. The van der Waals surface area contributed by atoms with Gasteiger partial charge in [-0.05, 0) is 56.1 Å². The molecular formula is C28H32N6OS. The van der Waals surface area contributed by atoms with Gasteiger partial charge in [0, 0.05) is 47.2 Å². The molecule has 7 nitrogen and oxygen atoms in total. The lowest BCUT2D eigenvalue weighted by Crippen LogP contribution is -2.36. The first-order valence-corrected chi connectivity index (χ1v) is 13.9. The van der Waals surface area contributed by atoms with Gasteiger partial charge in [-0.25, -0.2) is 9.97 Å². The number of H-pyrrole nitrogens is 1. The van der Waals surface area contributed by atoms with Crippen molar-refractivity contribution in [2.45, 2.75) is 39.2 Å². The fourth-order valence-electron chi connectivity index (χ4n) is 5.63. The quantitative estimate of drug-likeness (QED) is 0.373. The van der Waals surface area contributed by atoms with Gasteiger partial charge in [-0.3, -0.25) is 4.90 Å². The van der Waals surface area contributed by atoms with E-state index < -0.39 is 0 Å². The molecule has 0 aliphatic carbocycles. The maximum atomic E-state index is 9.61. The summed E-state index contributed by atoms with van der Waals surface area (Å²) in [6.45, 7) is 8.68. The standard InChI is InChI=1S/C28H32N6OS/c1-2-3-19-5-8-33(9-6-19)18-21-16-25-26(36-21)28(34-10-12-35-13-11-34)32-27(31-25)23-14-20(17-29)15-24-22(23)4-7-30-24/h4,7,14-16,19,30H,2-3,5-6,8-13,18H2,1H3. The minimum absolute atomic E-state index is 0.606. The van der Waals surface area contributed by atoms with Crippen molar-refractivity contribution in [1.29, 1.82) is 5.26 Å². The van der Waals surface area contributed by atoms with Crippen molar-refractivity contribution in [2.75, 3.05) is 44.3 Å². The Balaban J connectivity index is 1.39. The van der Waals surface area contributed by atoms with Crippen molar-refractivity contribution in [1.82, 2.24) is 19.9 Å². The minimum Gasteiger partial charge on any atom is -0.378 e. The van der Waals surface area contributed by atoms with Crippen LogP contribution in [0.4, 0.5) is 5.82 Å². The van der Waals surface area contributed by atoms with E-state index in [0.29, 0.717) is 24.6 Å². The molecule has 0 spiro atoms. The molecule has 0 unspecified atom stereocenters. The van der Waals surface area contributed by atoms with Crippen LogP contribution in [0, 0.1) is 17.2 Å². The highest BCUT2D eigenvalue weighted by Crippen LogP contribution is 2.37. The van der Waals surface area contributed by atoms with Gasteiger partial charge in [0.1, 0.15) is 0 Å². The Bertz CT molecular complexity index is 1400. The van der Waals surface area contributed by atoms with Crippen molar-refractivity contribution in [3.8, 4) is 17.5 Å². The Morgan fingerprint density at radius 1 is 1.14 bits per heavy atom. The summed E-state index contributed by atoms with van der Waals surface area (Å²) in [5, 5.41) is 10.6. The average Bonchev–Trinajstić information content (AvgIpc) is 3.56. The summed E-state index contributed by atoms with van der Waals surface area (Å²) in [5.41, 5.74) is 3.42. The number of piperidine rings is 1. The molecule has 0 radical (unpaired) electrons. The van der Waals surface area contributed by atoms with Crippen LogP contribution in [0.15, 0.2) is 30.5 Å². The summed E-state index contributed by atoms with van der Waals surface area (Å²) in [5.74, 6) is 2.56. The molecule has 8 heteroatoms. The van der Waals surface area contributed by atoms with E-state index in [9.17, 15) is 5.26 Å².